The lowest BCUT2D eigenvalue weighted by molar-refractivity contribution is 0.185. The smallest absolute Gasteiger partial charge is 0.115 e. The van der Waals surface area contributed by atoms with Crippen LogP contribution in [0.15, 0.2) is 48.5 Å². The van der Waals surface area contributed by atoms with Crippen LogP contribution >= 0.6 is 0 Å². The first kappa shape index (κ1) is 13.4. The molecule has 19 heavy (non-hydrogen) atoms. The zero-order valence-corrected chi connectivity index (χ0v) is 11.3. The first-order valence-electron chi connectivity index (χ1n) is 6.33. The lowest BCUT2D eigenvalue weighted by Crippen LogP contribution is -2.08. The number of benzene rings is 2. The summed E-state index contributed by atoms with van der Waals surface area (Å²) >= 11 is 0. The first-order chi connectivity index (χ1) is 9.20. The second-order valence-corrected chi connectivity index (χ2v) is 4.55. The number of anilines is 1. The van der Waals surface area contributed by atoms with Crippen LogP contribution in [0.2, 0.25) is 0 Å². The van der Waals surface area contributed by atoms with E-state index in [2.05, 4.69) is 18.3 Å². The van der Waals surface area contributed by atoms with E-state index in [4.69, 9.17) is 4.74 Å². The molecule has 0 aliphatic carbocycles. The van der Waals surface area contributed by atoms with E-state index in [0.717, 1.165) is 16.8 Å². The van der Waals surface area contributed by atoms with Gasteiger partial charge in [-0.2, -0.15) is 0 Å². The van der Waals surface area contributed by atoms with Crippen molar-refractivity contribution in [2.75, 3.05) is 12.4 Å². The van der Waals surface area contributed by atoms with Crippen LogP contribution in [0.3, 0.4) is 0 Å². The lowest BCUT2D eigenvalue weighted by atomic mass is 10.1. The number of nitrogens with one attached hydrogen (secondary N) is 1. The Bertz CT molecular complexity index is 523. The van der Waals surface area contributed by atoms with E-state index >= 15 is 0 Å². The second-order valence-electron chi connectivity index (χ2n) is 4.55. The van der Waals surface area contributed by atoms with Gasteiger partial charge in [0.2, 0.25) is 0 Å². The van der Waals surface area contributed by atoms with Crippen LogP contribution in [0, 0.1) is 0 Å². The summed E-state index contributed by atoms with van der Waals surface area (Å²) in [5, 5.41) is 12.8. The zero-order chi connectivity index (χ0) is 13.7. The van der Waals surface area contributed by atoms with Gasteiger partial charge in [-0.15, -0.1) is 0 Å². The number of rotatable bonds is 5. The van der Waals surface area contributed by atoms with Crippen molar-refractivity contribution in [1.29, 1.82) is 0 Å². The number of methoxy groups -OCH3 is 1. The molecule has 0 aromatic heterocycles. The summed E-state index contributed by atoms with van der Waals surface area (Å²) in [4.78, 5) is 0. The van der Waals surface area contributed by atoms with E-state index in [1.165, 1.54) is 0 Å². The maximum Gasteiger partial charge on any atom is 0.115 e. The molecule has 3 heteroatoms. The molecule has 0 aliphatic rings. The van der Waals surface area contributed by atoms with Crippen LogP contribution in [-0.4, -0.2) is 12.2 Å². The molecule has 0 fully saturated rings. The maximum absolute atomic E-state index is 9.31. The minimum atomic E-state index is 0.165. The predicted molar refractivity (Wildman–Crippen MR) is 77.3 cm³/mol. The van der Waals surface area contributed by atoms with Gasteiger partial charge in [0, 0.05) is 24.4 Å². The summed E-state index contributed by atoms with van der Waals surface area (Å²) in [6.45, 7) is 2.68. The van der Waals surface area contributed by atoms with Crippen molar-refractivity contribution < 1.29 is 9.84 Å². The van der Waals surface area contributed by atoms with Crippen molar-refractivity contribution in [2.45, 2.75) is 19.6 Å². The topological polar surface area (TPSA) is 41.5 Å². The van der Waals surface area contributed by atoms with Crippen LogP contribution in [0.5, 0.6) is 5.75 Å². The van der Waals surface area contributed by atoms with Crippen LogP contribution in [0.25, 0.3) is 0 Å². The summed E-state index contributed by atoms with van der Waals surface area (Å²) < 4.78 is 5.20. The molecular weight excluding hydrogens is 238 g/mol. The number of para-hydroxylation sites is 1. The van der Waals surface area contributed by atoms with E-state index < -0.39 is 0 Å². The Labute approximate surface area is 113 Å². The van der Waals surface area contributed by atoms with Gasteiger partial charge in [-0.05, 0) is 30.7 Å². The highest BCUT2D eigenvalue weighted by Gasteiger charge is 2.08. The van der Waals surface area contributed by atoms with Crippen molar-refractivity contribution in [3.8, 4) is 5.75 Å². The number of aromatic hydroxyl groups is 1. The monoisotopic (exact) mass is 257 g/mol. The van der Waals surface area contributed by atoms with Crippen molar-refractivity contribution >= 4 is 5.69 Å². The molecule has 0 aliphatic heterocycles. The number of hydrogen-bond donors (Lipinski definition) is 2. The van der Waals surface area contributed by atoms with E-state index in [1.807, 2.05) is 30.3 Å². The van der Waals surface area contributed by atoms with Gasteiger partial charge >= 0.3 is 0 Å². The van der Waals surface area contributed by atoms with E-state index in [0.29, 0.717) is 6.61 Å². The Balaban J connectivity index is 2.14. The zero-order valence-electron chi connectivity index (χ0n) is 11.3. The number of phenolic OH excluding ortho intramolecular Hbond substituents is 1. The molecule has 0 radical (unpaired) electrons. The standard InChI is InChI=1S/C16H19NO2/c1-12(13-7-9-15(18)10-8-13)17-16-6-4-3-5-14(16)11-19-2/h3-10,12,17-18H,11H2,1-2H3. The largest absolute Gasteiger partial charge is 0.508 e. The molecule has 100 valence electrons. The van der Waals surface area contributed by atoms with Gasteiger partial charge in [-0.1, -0.05) is 30.3 Å². The molecule has 2 N–H and O–H groups in total. The minimum absolute atomic E-state index is 0.165. The van der Waals surface area contributed by atoms with Crippen molar-refractivity contribution in [3.05, 3.63) is 59.7 Å². The third-order valence-corrected chi connectivity index (χ3v) is 3.08. The van der Waals surface area contributed by atoms with Crippen LogP contribution < -0.4 is 5.32 Å². The first-order valence-corrected chi connectivity index (χ1v) is 6.33. The highest BCUT2D eigenvalue weighted by Crippen LogP contribution is 2.24. The molecule has 0 bridgehead atoms. The second kappa shape index (κ2) is 6.25. The molecule has 1 unspecified atom stereocenters. The Hall–Kier alpha value is -2.00. The molecule has 2 aromatic rings. The Kier molecular flexibility index (Phi) is 4.42. The molecule has 0 heterocycles. The predicted octanol–water partition coefficient (Wildman–Crippen LogP) is 3.71. The summed E-state index contributed by atoms with van der Waals surface area (Å²) in [6.07, 6.45) is 0. The highest BCUT2D eigenvalue weighted by atomic mass is 16.5. The molecule has 1 atom stereocenters. The van der Waals surface area contributed by atoms with Crippen LogP contribution in [0.1, 0.15) is 24.1 Å². The van der Waals surface area contributed by atoms with Crippen molar-refractivity contribution in [1.82, 2.24) is 0 Å². The Morgan fingerprint density at radius 1 is 1.11 bits per heavy atom. The normalized spacial score (nSPS) is 12.1. The average molecular weight is 257 g/mol. The fourth-order valence-corrected chi connectivity index (χ4v) is 2.02. The van der Waals surface area contributed by atoms with Gasteiger partial charge in [-0.25, -0.2) is 0 Å². The quantitative estimate of drug-likeness (QED) is 0.858. The maximum atomic E-state index is 9.31. The molecule has 0 saturated carbocycles. The minimum Gasteiger partial charge on any atom is -0.508 e. The van der Waals surface area contributed by atoms with Gasteiger partial charge in [0.05, 0.1) is 6.61 Å². The molecule has 3 nitrogen and oxygen atoms in total. The van der Waals surface area contributed by atoms with E-state index in [-0.39, 0.29) is 11.8 Å². The molecule has 2 aromatic carbocycles. The number of hydrogen-bond acceptors (Lipinski definition) is 3. The van der Waals surface area contributed by atoms with Gasteiger partial charge in [0.25, 0.3) is 0 Å². The molecule has 2 rings (SSSR count). The third-order valence-electron chi connectivity index (χ3n) is 3.08. The summed E-state index contributed by atoms with van der Waals surface area (Å²) in [5.41, 5.74) is 3.34. The lowest BCUT2D eigenvalue weighted by Gasteiger charge is -2.18. The Morgan fingerprint density at radius 2 is 1.79 bits per heavy atom. The fourth-order valence-electron chi connectivity index (χ4n) is 2.02. The summed E-state index contributed by atoms with van der Waals surface area (Å²) in [6, 6.07) is 15.5. The number of phenols is 1. The van der Waals surface area contributed by atoms with E-state index in [1.54, 1.807) is 19.2 Å². The summed E-state index contributed by atoms with van der Waals surface area (Å²) in [5.74, 6) is 0.288. The summed E-state index contributed by atoms with van der Waals surface area (Å²) in [7, 11) is 1.69. The molecule has 0 saturated heterocycles. The molecular formula is C16H19NO2. The van der Waals surface area contributed by atoms with Gasteiger partial charge < -0.3 is 15.2 Å². The van der Waals surface area contributed by atoms with Crippen LogP contribution in [0.4, 0.5) is 5.69 Å². The van der Waals surface area contributed by atoms with Gasteiger partial charge in [-0.3, -0.25) is 0 Å². The van der Waals surface area contributed by atoms with Crippen molar-refractivity contribution in [3.63, 3.8) is 0 Å². The fraction of sp³-hybridized carbons (Fsp3) is 0.250. The van der Waals surface area contributed by atoms with Gasteiger partial charge in [0.1, 0.15) is 5.75 Å². The average Bonchev–Trinajstić information content (AvgIpc) is 2.42. The Morgan fingerprint density at radius 3 is 2.47 bits per heavy atom. The SMILES string of the molecule is COCc1ccccc1NC(C)c1ccc(O)cc1. The molecule has 0 spiro atoms. The number of ether oxygens (including phenoxy) is 1. The highest BCUT2D eigenvalue weighted by molar-refractivity contribution is 5.52. The molecule has 0 amide bonds. The van der Waals surface area contributed by atoms with Crippen LogP contribution in [-0.2, 0) is 11.3 Å². The van der Waals surface area contributed by atoms with Gasteiger partial charge in [0.15, 0.2) is 0 Å². The van der Waals surface area contributed by atoms with E-state index in [9.17, 15) is 5.11 Å². The van der Waals surface area contributed by atoms with Crippen molar-refractivity contribution in [2.24, 2.45) is 0 Å². The third kappa shape index (κ3) is 3.48.